The zero-order valence-electron chi connectivity index (χ0n) is 15.3. The van der Waals surface area contributed by atoms with Gasteiger partial charge in [-0.05, 0) is 46.3 Å². The SMILES string of the molecule is COc1ccc(OCn2ccc(C(=O)N(C)Cc3c(Br)cnn3C)n2)cc1. The zero-order valence-corrected chi connectivity index (χ0v) is 16.9. The van der Waals surface area contributed by atoms with Crippen molar-refractivity contribution >= 4 is 21.8 Å². The van der Waals surface area contributed by atoms with E-state index >= 15 is 0 Å². The first-order valence-corrected chi connectivity index (χ1v) is 8.99. The van der Waals surface area contributed by atoms with E-state index in [1.54, 1.807) is 46.9 Å². The van der Waals surface area contributed by atoms with Crippen molar-refractivity contribution < 1.29 is 14.3 Å². The maximum absolute atomic E-state index is 12.6. The molecule has 0 bridgehead atoms. The van der Waals surface area contributed by atoms with Crippen molar-refractivity contribution in [3.63, 3.8) is 0 Å². The minimum Gasteiger partial charge on any atom is -0.497 e. The average molecular weight is 434 g/mol. The molecule has 1 amide bonds. The van der Waals surface area contributed by atoms with Crippen molar-refractivity contribution in [3.8, 4) is 11.5 Å². The third kappa shape index (κ3) is 4.48. The Morgan fingerprint density at radius 3 is 2.56 bits per heavy atom. The Kier molecular flexibility index (Phi) is 5.80. The smallest absolute Gasteiger partial charge is 0.274 e. The summed E-state index contributed by atoms with van der Waals surface area (Å²) in [5.74, 6) is 1.28. The van der Waals surface area contributed by atoms with E-state index in [0.29, 0.717) is 18.0 Å². The highest BCUT2D eigenvalue weighted by atomic mass is 79.9. The van der Waals surface area contributed by atoms with Gasteiger partial charge in [0.15, 0.2) is 12.4 Å². The summed E-state index contributed by atoms with van der Waals surface area (Å²) in [6, 6.07) is 8.94. The highest BCUT2D eigenvalue weighted by Crippen LogP contribution is 2.18. The van der Waals surface area contributed by atoms with Gasteiger partial charge in [-0.15, -0.1) is 0 Å². The average Bonchev–Trinajstić information content (AvgIpc) is 3.28. The van der Waals surface area contributed by atoms with Crippen molar-refractivity contribution in [2.45, 2.75) is 13.3 Å². The van der Waals surface area contributed by atoms with Gasteiger partial charge in [0.2, 0.25) is 0 Å². The second-order valence-electron chi connectivity index (χ2n) is 5.91. The van der Waals surface area contributed by atoms with Crippen LogP contribution >= 0.6 is 15.9 Å². The van der Waals surface area contributed by atoms with E-state index < -0.39 is 0 Å². The molecule has 0 atom stereocenters. The first kappa shape index (κ1) is 19.0. The fourth-order valence-corrected chi connectivity index (χ4v) is 2.94. The highest BCUT2D eigenvalue weighted by Gasteiger charge is 2.18. The highest BCUT2D eigenvalue weighted by molar-refractivity contribution is 9.10. The van der Waals surface area contributed by atoms with Crippen LogP contribution in [0.2, 0.25) is 0 Å². The van der Waals surface area contributed by atoms with Gasteiger partial charge in [0, 0.05) is 20.3 Å². The molecule has 0 aliphatic carbocycles. The Morgan fingerprint density at radius 1 is 1.22 bits per heavy atom. The molecule has 2 aromatic heterocycles. The fourth-order valence-electron chi connectivity index (χ4n) is 2.47. The maximum atomic E-state index is 12.6. The number of aromatic nitrogens is 4. The molecule has 2 heterocycles. The largest absolute Gasteiger partial charge is 0.497 e. The van der Waals surface area contributed by atoms with Gasteiger partial charge in [0.25, 0.3) is 5.91 Å². The molecule has 27 heavy (non-hydrogen) atoms. The van der Waals surface area contributed by atoms with Crippen LogP contribution < -0.4 is 9.47 Å². The first-order chi connectivity index (χ1) is 13.0. The Bertz CT molecular complexity index is 900. The standard InChI is InChI=1S/C18H20BrN5O3/c1-22(11-17-15(19)10-20-23(17)2)18(25)16-8-9-24(21-16)12-27-14-6-4-13(26-3)5-7-14/h4-10H,11-12H2,1-3H3. The van der Waals surface area contributed by atoms with Gasteiger partial charge >= 0.3 is 0 Å². The summed E-state index contributed by atoms with van der Waals surface area (Å²) >= 11 is 3.44. The Balaban J connectivity index is 1.59. The predicted octanol–water partition coefficient (Wildman–Crippen LogP) is 2.70. The Labute approximate surface area is 165 Å². The Morgan fingerprint density at radius 2 is 1.93 bits per heavy atom. The van der Waals surface area contributed by atoms with Crippen LogP contribution in [0.1, 0.15) is 16.2 Å². The van der Waals surface area contributed by atoms with Crippen molar-refractivity contribution in [2.24, 2.45) is 7.05 Å². The van der Waals surface area contributed by atoms with E-state index in [-0.39, 0.29) is 12.6 Å². The quantitative estimate of drug-likeness (QED) is 0.572. The minimum atomic E-state index is -0.175. The summed E-state index contributed by atoms with van der Waals surface area (Å²) in [5.41, 5.74) is 1.27. The lowest BCUT2D eigenvalue weighted by atomic mass is 10.3. The number of ether oxygens (including phenoxy) is 2. The second kappa shape index (κ2) is 8.26. The van der Waals surface area contributed by atoms with Crippen LogP contribution in [-0.4, -0.2) is 44.5 Å². The lowest BCUT2D eigenvalue weighted by Crippen LogP contribution is -2.28. The van der Waals surface area contributed by atoms with Crippen molar-refractivity contribution in [1.29, 1.82) is 0 Å². The van der Waals surface area contributed by atoms with Gasteiger partial charge < -0.3 is 14.4 Å². The molecule has 0 saturated heterocycles. The van der Waals surface area contributed by atoms with Crippen LogP contribution in [0.3, 0.4) is 0 Å². The summed E-state index contributed by atoms with van der Waals surface area (Å²) < 4.78 is 14.9. The number of rotatable bonds is 7. The number of halogens is 1. The van der Waals surface area contributed by atoms with Gasteiger partial charge in [-0.25, -0.2) is 4.68 Å². The molecule has 0 spiro atoms. The molecule has 9 heteroatoms. The van der Waals surface area contributed by atoms with Crippen LogP contribution in [-0.2, 0) is 20.3 Å². The molecule has 0 unspecified atom stereocenters. The predicted molar refractivity (Wildman–Crippen MR) is 103 cm³/mol. The van der Waals surface area contributed by atoms with Crippen LogP contribution in [0.15, 0.2) is 47.2 Å². The van der Waals surface area contributed by atoms with E-state index in [1.807, 2.05) is 31.3 Å². The minimum absolute atomic E-state index is 0.175. The molecule has 0 radical (unpaired) electrons. The molecule has 1 aromatic carbocycles. The van der Waals surface area contributed by atoms with Crippen molar-refractivity contribution in [1.82, 2.24) is 24.5 Å². The number of benzene rings is 1. The Hall–Kier alpha value is -2.81. The lowest BCUT2D eigenvalue weighted by Gasteiger charge is -2.16. The summed E-state index contributed by atoms with van der Waals surface area (Å²) in [6.07, 6.45) is 3.42. The summed E-state index contributed by atoms with van der Waals surface area (Å²) in [7, 11) is 5.18. The molecule has 0 aliphatic heterocycles. The number of amides is 1. The molecular weight excluding hydrogens is 414 g/mol. The van der Waals surface area contributed by atoms with Crippen molar-refractivity contribution in [2.75, 3.05) is 14.2 Å². The van der Waals surface area contributed by atoms with Crippen LogP contribution in [0.4, 0.5) is 0 Å². The maximum Gasteiger partial charge on any atom is 0.274 e. The number of hydrogen-bond acceptors (Lipinski definition) is 5. The van der Waals surface area contributed by atoms with Crippen LogP contribution in [0.25, 0.3) is 0 Å². The molecule has 0 N–H and O–H groups in total. The third-order valence-corrected chi connectivity index (χ3v) is 4.69. The molecule has 8 nitrogen and oxygen atoms in total. The summed E-state index contributed by atoms with van der Waals surface area (Å²) in [5, 5.41) is 8.45. The van der Waals surface area contributed by atoms with E-state index in [0.717, 1.165) is 15.9 Å². The lowest BCUT2D eigenvalue weighted by molar-refractivity contribution is 0.0773. The molecule has 0 aliphatic rings. The molecule has 3 rings (SSSR count). The van der Waals surface area contributed by atoms with Gasteiger partial charge in [0.1, 0.15) is 11.5 Å². The van der Waals surface area contributed by atoms with E-state index in [9.17, 15) is 4.79 Å². The summed E-state index contributed by atoms with van der Waals surface area (Å²) in [4.78, 5) is 14.2. The molecule has 0 fully saturated rings. The van der Waals surface area contributed by atoms with Crippen molar-refractivity contribution in [3.05, 3.63) is 58.6 Å². The number of methoxy groups -OCH3 is 1. The topological polar surface area (TPSA) is 74.4 Å². The second-order valence-corrected chi connectivity index (χ2v) is 6.77. The van der Waals surface area contributed by atoms with Gasteiger partial charge in [-0.3, -0.25) is 9.48 Å². The van der Waals surface area contributed by atoms with Gasteiger partial charge in [0.05, 0.1) is 30.0 Å². The van der Waals surface area contributed by atoms with E-state index in [1.165, 1.54) is 0 Å². The normalized spacial score (nSPS) is 10.7. The summed E-state index contributed by atoms with van der Waals surface area (Å²) in [6.45, 7) is 0.627. The molecule has 0 saturated carbocycles. The monoisotopic (exact) mass is 433 g/mol. The van der Waals surface area contributed by atoms with Gasteiger partial charge in [-0.2, -0.15) is 10.2 Å². The molecule has 3 aromatic rings. The third-order valence-electron chi connectivity index (χ3n) is 4.03. The van der Waals surface area contributed by atoms with E-state index in [4.69, 9.17) is 9.47 Å². The number of hydrogen-bond donors (Lipinski definition) is 0. The van der Waals surface area contributed by atoms with E-state index in [2.05, 4.69) is 26.1 Å². The number of carbonyl (C=O) groups excluding carboxylic acids is 1. The number of nitrogens with zero attached hydrogens (tertiary/aromatic N) is 5. The van der Waals surface area contributed by atoms with Gasteiger partial charge in [-0.1, -0.05) is 0 Å². The zero-order chi connectivity index (χ0) is 19.4. The number of aryl methyl sites for hydroxylation is 1. The van der Waals surface area contributed by atoms with Crippen LogP contribution in [0, 0.1) is 0 Å². The fraction of sp³-hybridized carbons (Fsp3) is 0.278. The number of carbonyl (C=O) groups is 1. The molecular formula is C18H20BrN5O3. The van der Waals surface area contributed by atoms with Crippen LogP contribution in [0.5, 0.6) is 11.5 Å². The molecule has 142 valence electrons. The first-order valence-electron chi connectivity index (χ1n) is 8.20.